The standard InChI is InChI=1S/C11H10N2O4S/c14-4-10-12-13-11(18-10)15-5-7-1-2-8-9(3-7)17-6-16-8/h1-3,14H,4-6H2. The third-order valence-electron chi connectivity index (χ3n) is 2.38. The lowest BCUT2D eigenvalue weighted by Gasteiger charge is -2.03. The molecule has 0 saturated heterocycles. The molecule has 6 nitrogen and oxygen atoms in total. The van der Waals surface area contributed by atoms with Gasteiger partial charge in [0.25, 0.3) is 5.19 Å². The van der Waals surface area contributed by atoms with E-state index in [2.05, 4.69) is 10.2 Å². The fourth-order valence-electron chi connectivity index (χ4n) is 1.54. The van der Waals surface area contributed by atoms with E-state index in [0.717, 1.165) is 17.1 Å². The Hall–Kier alpha value is -1.86. The Morgan fingerprint density at radius 3 is 3.00 bits per heavy atom. The van der Waals surface area contributed by atoms with E-state index in [4.69, 9.17) is 19.3 Å². The summed E-state index contributed by atoms with van der Waals surface area (Å²) in [7, 11) is 0. The number of aromatic nitrogens is 2. The summed E-state index contributed by atoms with van der Waals surface area (Å²) in [5, 5.41) is 17.4. The van der Waals surface area contributed by atoms with Gasteiger partial charge in [-0.25, -0.2) is 0 Å². The SMILES string of the molecule is OCc1nnc(OCc2ccc3c(c2)OCO3)s1. The van der Waals surface area contributed by atoms with Crippen LogP contribution in [0.2, 0.25) is 0 Å². The van der Waals surface area contributed by atoms with Crippen molar-refractivity contribution >= 4 is 11.3 Å². The van der Waals surface area contributed by atoms with Crippen LogP contribution >= 0.6 is 11.3 Å². The summed E-state index contributed by atoms with van der Waals surface area (Å²) in [5.74, 6) is 1.47. The Labute approximate surface area is 107 Å². The molecule has 1 aliphatic rings. The van der Waals surface area contributed by atoms with Crippen LogP contribution in [0.25, 0.3) is 0 Å². The van der Waals surface area contributed by atoms with Gasteiger partial charge in [0.05, 0.1) is 6.61 Å². The molecule has 1 N–H and O–H groups in total. The quantitative estimate of drug-likeness (QED) is 0.900. The second kappa shape index (κ2) is 4.79. The van der Waals surface area contributed by atoms with Crippen LogP contribution in [0.3, 0.4) is 0 Å². The zero-order valence-corrected chi connectivity index (χ0v) is 10.1. The maximum atomic E-state index is 8.86. The van der Waals surface area contributed by atoms with Gasteiger partial charge in [-0.05, 0) is 17.7 Å². The van der Waals surface area contributed by atoms with E-state index >= 15 is 0 Å². The van der Waals surface area contributed by atoms with Gasteiger partial charge in [0.2, 0.25) is 6.79 Å². The molecule has 2 heterocycles. The van der Waals surface area contributed by atoms with Crippen LogP contribution in [-0.4, -0.2) is 22.1 Å². The van der Waals surface area contributed by atoms with E-state index in [9.17, 15) is 0 Å². The number of aliphatic hydroxyl groups is 1. The summed E-state index contributed by atoms with van der Waals surface area (Å²) < 4.78 is 16.0. The lowest BCUT2D eigenvalue weighted by atomic mass is 10.2. The first-order valence-corrected chi connectivity index (χ1v) is 6.11. The van der Waals surface area contributed by atoms with Gasteiger partial charge in [-0.2, -0.15) is 0 Å². The summed E-state index contributed by atoms with van der Waals surface area (Å²) in [5.41, 5.74) is 0.958. The predicted octanol–water partition coefficient (Wildman–Crippen LogP) is 1.34. The summed E-state index contributed by atoms with van der Waals surface area (Å²) in [6.07, 6.45) is 0. The van der Waals surface area contributed by atoms with E-state index in [1.807, 2.05) is 18.2 Å². The van der Waals surface area contributed by atoms with Crippen LogP contribution in [0.5, 0.6) is 16.7 Å². The molecule has 0 unspecified atom stereocenters. The second-order valence-corrected chi connectivity index (χ2v) is 4.62. The second-order valence-electron chi connectivity index (χ2n) is 3.60. The largest absolute Gasteiger partial charge is 0.464 e. The Kier molecular flexibility index (Phi) is 2.99. The van der Waals surface area contributed by atoms with Gasteiger partial charge in [0.15, 0.2) is 11.5 Å². The number of benzene rings is 1. The normalized spacial score (nSPS) is 12.7. The molecule has 0 aliphatic carbocycles. The molecule has 3 rings (SSSR count). The fourth-order valence-corrected chi connectivity index (χ4v) is 2.08. The van der Waals surface area contributed by atoms with Crippen molar-refractivity contribution in [3.05, 3.63) is 28.8 Å². The molecular weight excluding hydrogens is 256 g/mol. The van der Waals surface area contributed by atoms with Crippen LogP contribution in [0, 0.1) is 0 Å². The van der Waals surface area contributed by atoms with Gasteiger partial charge < -0.3 is 19.3 Å². The first kappa shape index (κ1) is 11.2. The van der Waals surface area contributed by atoms with E-state index in [0.29, 0.717) is 16.8 Å². The molecule has 0 amide bonds. The van der Waals surface area contributed by atoms with Gasteiger partial charge in [-0.3, -0.25) is 0 Å². The molecule has 18 heavy (non-hydrogen) atoms. The number of ether oxygens (including phenoxy) is 3. The third kappa shape index (κ3) is 2.22. The highest BCUT2D eigenvalue weighted by molar-refractivity contribution is 7.13. The molecule has 1 aliphatic heterocycles. The highest BCUT2D eigenvalue weighted by atomic mass is 32.1. The molecule has 2 aromatic rings. The van der Waals surface area contributed by atoms with Crippen LogP contribution < -0.4 is 14.2 Å². The van der Waals surface area contributed by atoms with E-state index in [1.165, 1.54) is 11.3 Å². The van der Waals surface area contributed by atoms with Crippen molar-refractivity contribution in [1.82, 2.24) is 10.2 Å². The van der Waals surface area contributed by atoms with Crippen LogP contribution in [0.15, 0.2) is 18.2 Å². The van der Waals surface area contributed by atoms with Gasteiger partial charge in [0, 0.05) is 0 Å². The molecule has 0 atom stereocenters. The van der Waals surface area contributed by atoms with Crippen LogP contribution in [0.4, 0.5) is 0 Å². The van der Waals surface area contributed by atoms with Crippen molar-refractivity contribution in [2.45, 2.75) is 13.2 Å². The monoisotopic (exact) mass is 266 g/mol. The summed E-state index contributed by atoms with van der Waals surface area (Å²) >= 11 is 1.23. The highest BCUT2D eigenvalue weighted by Gasteiger charge is 2.13. The first-order valence-electron chi connectivity index (χ1n) is 5.30. The van der Waals surface area contributed by atoms with Crippen molar-refractivity contribution in [3.63, 3.8) is 0 Å². The lowest BCUT2D eigenvalue weighted by molar-refractivity contribution is 0.174. The van der Waals surface area contributed by atoms with Gasteiger partial charge in [-0.1, -0.05) is 22.5 Å². The summed E-state index contributed by atoms with van der Waals surface area (Å²) in [6.45, 7) is 0.512. The molecule has 0 saturated carbocycles. The highest BCUT2D eigenvalue weighted by Crippen LogP contribution is 2.32. The number of aliphatic hydroxyl groups excluding tert-OH is 1. The van der Waals surface area contributed by atoms with E-state index < -0.39 is 0 Å². The van der Waals surface area contributed by atoms with Crippen LogP contribution in [0.1, 0.15) is 10.6 Å². The lowest BCUT2D eigenvalue weighted by Crippen LogP contribution is -1.95. The summed E-state index contributed by atoms with van der Waals surface area (Å²) in [6, 6.07) is 5.62. The van der Waals surface area contributed by atoms with Gasteiger partial charge >= 0.3 is 0 Å². The third-order valence-corrected chi connectivity index (χ3v) is 3.20. The van der Waals surface area contributed by atoms with E-state index in [-0.39, 0.29) is 13.4 Å². The molecule has 94 valence electrons. The predicted molar refractivity (Wildman–Crippen MR) is 62.7 cm³/mol. The molecule has 0 bridgehead atoms. The molecule has 0 spiro atoms. The van der Waals surface area contributed by atoms with Crippen molar-refractivity contribution in [2.24, 2.45) is 0 Å². The minimum absolute atomic E-state index is 0.120. The van der Waals surface area contributed by atoms with Gasteiger partial charge in [0.1, 0.15) is 11.6 Å². The molecule has 1 aromatic carbocycles. The van der Waals surface area contributed by atoms with Crippen molar-refractivity contribution in [2.75, 3.05) is 6.79 Å². The number of rotatable bonds is 4. The molecule has 1 aromatic heterocycles. The van der Waals surface area contributed by atoms with Crippen LogP contribution in [-0.2, 0) is 13.2 Å². The summed E-state index contributed by atoms with van der Waals surface area (Å²) in [4.78, 5) is 0. The number of nitrogens with zero attached hydrogens (tertiary/aromatic N) is 2. The Morgan fingerprint density at radius 2 is 2.17 bits per heavy atom. The molecule has 7 heteroatoms. The van der Waals surface area contributed by atoms with Crippen molar-refractivity contribution < 1.29 is 19.3 Å². The zero-order chi connectivity index (χ0) is 12.4. The maximum Gasteiger partial charge on any atom is 0.294 e. The zero-order valence-electron chi connectivity index (χ0n) is 9.33. The maximum absolute atomic E-state index is 8.86. The van der Waals surface area contributed by atoms with Gasteiger partial charge in [-0.15, -0.1) is 5.10 Å². The first-order chi connectivity index (χ1) is 8.85. The van der Waals surface area contributed by atoms with E-state index in [1.54, 1.807) is 0 Å². The Balaban J connectivity index is 1.66. The Bertz CT molecular complexity index is 558. The molecule has 0 radical (unpaired) electrons. The minimum atomic E-state index is -0.120. The number of fused-ring (bicyclic) bond motifs is 1. The number of hydrogen-bond acceptors (Lipinski definition) is 7. The van der Waals surface area contributed by atoms with Crippen molar-refractivity contribution in [3.8, 4) is 16.7 Å². The minimum Gasteiger partial charge on any atom is -0.464 e. The average molecular weight is 266 g/mol. The average Bonchev–Trinajstić information content (AvgIpc) is 3.04. The van der Waals surface area contributed by atoms with Crippen molar-refractivity contribution in [1.29, 1.82) is 0 Å². The molecular formula is C11H10N2O4S. The fraction of sp³-hybridized carbons (Fsp3) is 0.273. The molecule has 0 fully saturated rings. The topological polar surface area (TPSA) is 73.7 Å². The Morgan fingerprint density at radius 1 is 1.28 bits per heavy atom. The smallest absolute Gasteiger partial charge is 0.294 e. The number of hydrogen-bond donors (Lipinski definition) is 1.